The number of alkyl halides is 3. The molecule has 0 aromatic carbocycles. The second-order valence-corrected chi connectivity index (χ2v) is 6.99. The fourth-order valence-electron chi connectivity index (χ4n) is 3.26. The number of carbonyl (C=O) groups excluding carboxylic acids is 1. The lowest BCUT2D eigenvalue weighted by Crippen LogP contribution is -2.30. The minimum Gasteiger partial charge on any atom is -0.481 e. The van der Waals surface area contributed by atoms with Crippen LogP contribution >= 0.6 is 0 Å². The number of carboxylic acid groups (broad SMARTS) is 1. The number of aliphatic carboxylic acids is 1. The van der Waals surface area contributed by atoms with Gasteiger partial charge in [0.15, 0.2) is 5.82 Å². The highest BCUT2D eigenvalue weighted by molar-refractivity contribution is 5.96. The van der Waals surface area contributed by atoms with E-state index in [0.29, 0.717) is 24.2 Å². The fraction of sp³-hybridized carbons (Fsp3) is 0.444. The van der Waals surface area contributed by atoms with Crippen LogP contribution in [-0.2, 0) is 11.0 Å². The molecule has 1 atom stereocenters. The van der Waals surface area contributed by atoms with Gasteiger partial charge in [-0.15, -0.1) is 0 Å². The van der Waals surface area contributed by atoms with Crippen molar-refractivity contribution >= 4 is 11.9 Å². The Kier molecular flexibility index (Phi) is 5.14. The van der Waals surface area contributed by atoms with Gasteiger partial charge in [0.2, 0.25) is 0 Å². The summed E-state index contributed by atoms with van der Waals surface area (Å²) in [6.07, 6.45) is -2.04. The maximum atomic E-state index is 12.9. The smallest absolute Gasteiger partial charge is 0.417 e. The van der Waals surface area contributed by atoms with Crippen LogP contribution in [0.5, 0.6) is 0 Å². The predicted molar refractivity (Wildman–Crippen MR) is 92.1 cm³/mol. The number of likely N-dealkylation sites (tertiary alicyclic amines) is 1. The zero-order valence-corrected chi connectivity index (χ0v) is 15.3. The van der Waals surface area contributed by atoms with Crippen LogP contribution in [0.25, 0.3) is 5.82 Å². The Labute approximate surface area is 158 Å². The van der Waals surface area contributed by atoms with E-state index in [9.17, 15) is 22.8 Å². The van der Waals surface area contributed by atoms with E-state index in [2.05, 4.69) is 10.1 Å². The number of carboxylic acids is 1. The molecule has 3 rings (SSSR count). The predicted octanol–water partition coefficient (Wildman–Crippen LogP) is 2.96. The largest absolute Gasteiger partial charge is 0.481 e. The van der Waals surface area contributed by atoms with E-state index in [1.165, 1.54) is 21.8 Å². The van der Waals surface area contributed by atoms with Gasteiger partial charge in [-0.3, -0.25) is 9.59 Å². The number of pyridine rings is 1. The Balaban J connectivity index is 1.92. The Morgan fingerprint density at radius 3 is 2.46 bits per heavy atom. The van der Waals surface area contributed by atoms with E-state index in [-0.39, 0.29) is 24.2 Å². The zero-order valence-electron chi connectivity index (χ0n) is 15.3. The normalized spacial score (nSPS) is 17.4. The average Bonchev–Trinajstić information content (AvgIpc) is 3.28. The summed E-state index contributed by atoms with van der Waals surface area (Å²) in [5.74, 6) is -1.88. The second kappa shape index (κ2) is 7.25. The SMILES string of the molecule is CC(C)c1c(C(=O)N2CCC(C(=O)O)C2)cnn1-c1ccc(C(F)(F)F)cn1. The van der Waals surface area contributed by atoms with Crippen molar-refractivity contribution in [1.29, 1.82) is 0 Å². The molecule has 3 heterocycles. The molecule has 0 radical (unpaired) electrons. The molecule has 1 saturated heterocycles. The summed E-state index contributed by atoms with van der Waals surface area (Å²) in [5.41, 5.74) is -0.0682. The van der Waals surface area contributed by atoms with Crippen LogP contribution in [-0.4, -0.2) is 49.7 Å². The summed E-state index contributed by atoms with van der Waals surface area (Å²) in [6.45, 7) is 4.11. The Bertz CT molecular complexity index is 890. The van der Waals surface area contributed by atoms with Gasteiger partial charge in [0, 0.05) is 19.3 Å². The van der Waals surface area contributed by atoms with Gasteiger partial charge in [-0.05, 0) is 24.5 Å². The molecule has 0 saturated carbocycles. The fourth-order valence-corrected chi connectivity index (χ4v) is 3.26. The third kappa shape index (κ3) is 3.71. The van der Waals surface area contributed by atoms with Crippen LogP contribution in [0, 0.1) is 5.92 Å². The zero-order chi connectivity index (χ0) is 20.6. The van der Waals surface area contributed by atoms with E-state index < -0.39 is 23.6 Å². The lowest BCUT2D eigenvalue weighted by Gasteiger charge is -2.18. The van der Waals surface area contributed by atoms with Gasteiger partial charge < -0.3 is 10.0 Å². The van der Waals surface area contributed by atoms with Gasteiger partial charge in [-0.2, -0.15) is 18.3 Å². The lowest BCUT2D eigenvalue weighted by atomic mass is 10.0. The van der Waals surface area contributed by atoms with Crippen molar-refractivity contribution in [2.75, 3.05) is 13.1 Å². The van der Waals surface area contributed by atoms with Crippen LogP contribution < -0.4 is 0 Å². The van der Waals surface area contributed by atoms with E-state index >= 15 is 0 Å². The molecule has 1 aliphatic rings. The quantitative estimate of drug-likeness (QED) is 0.859. The second-order valence-electron chi connectivity index (χ2n) is 6.99. The van der Waals surface area contributed by atoms with E-state index in [0.717, 1.165) is 12.3 Å². The first-order valence-electron chi connectivity index (χ1n) is 8.73. The third-order valence-corrected chi connectivity index (χ3v) is 4.70. The summed E-state index contributed by atoms with van der Waals surface area (Å²) in [6, 6.07) is 2.11. The van der Waals surface area contributed by atoms with E-state index in [1.54, 1.807) is 0 Å². The molecule has 1 N–H and O–H groups in total. The van der Waals surface area contributed by atoms with Gasteiger partial charge in [0.05, 0.1) is 28.9 Å². The standard InChI is InChI=1S/C18H19F3N4O3/c1-10(2)15-13(16(26)24-6-5-11(9-24)17(27)28)8-23-25(15)14-4-3-12(7-22-14)18(19,20)21/h3-4,7-8,10-11H,5-6,9H2,1-2H3,(H,27,28). The molecule has 1 amide bonds. The van der Waals surface area contributed by atoms with Gasteiger partial charge in [0.25, 0.3) is 5.91 Å². The Hall–Kier alpha value is -2.91. The number of aromatic nitrogens is 3. The van der Waals surface area contributed by atoms with E-state index in [4.69, 9.17) is 5.11 Å². The van der Waals surface area contributed by atoms with Crippen LogP contribution in [0.1, 0.15) is 47.8 Å². The molecule has 10 heteroatoms. The van der Waals surface area contributed by atoms with Crippen LogP contribution in [0.15, 0.2) is 24.5 Å². The van der Waals surface area contributed by atoms with Crippen LogP contribution in [0.3, 0.4) is 0 Å². The molecule has 2 aromatic heterocycles. The number of nitrogens with zero attached hydrogens (tertiary/aromatic N) is 4. The summed E-state index contributed by atoms with van der Waals surface area (Å²) in [4.78, 5) is 29.3. The van der Waals surface area contributed by atoms with Crippen molar-refractivity contribution in [3.8, 4) is 5.82 Å². The molecule has 1 unspecified atom stereocenters. The molecule has 2 aromatic rings. The van der Waals surface area contributed by atoms with E-state index in [1.807, 2.05) is 13.8 Å². The highest BCUT2D eigenvalue weighted by atomic mass is 19.4. The molecule has 7 nitrogen and oxygen atoms in total. The summed E-state index contributed by atoms with van der Waals surface area (Å²) >= 11 is 0. The highest BCUT2D eigenvalue weighted by Crippen LogP contribution is 2.30. The van der Waals surface area contributed by atoms with Gasteiger partial charge in [0.1, 0.15) is 0 Å². The molecule has 28 heavy (non-hydrogen) atoms. The van der Waals surface area contributed by atoms with Crippen molar-refractivity contribution in [2.45, 2.75) is 32.4 Å². The molecular weight excluding hydrogens is 377 g/mol. The minimum atomic E-state index is -4.49. The Morgan fingerprint density at radius 1 is 1.25 bits per heavy atom. The molecule has 0 aliphatic carbocycles. The highest BCUT2D eigenvalue weighted by Gasteiger charge is 2.34. The van der Waals surface area contributed by atoms with Gasteiger partial charge in [-0.1, -0.05) is 13.8 Å². The minimum absolute atomic E-state index is 0.120. The van der Waals surface area contributed by atoms with Crippen LogP contribution in [0.4, 0.5) is 13.2 Å². The number of hydrogen-bond acceptors (Lipinski definition) is 4. The Morgan fingerprint density at radius 2 is 1.96 bits per heavy atom. The van der Waals surface area contributed by atoms with Crippen molar-refractivity contribution in [1.82, 2.24) is 19.7 Å². The molecule has 0 bridgehead atoms. The first kappa shape index (κ1) is 19.8. The third-order valence-electron chi connectivity index (χ3n) is 4.70. The summed E-state index contributed by atoms with van der Waals surface area (Å²) in [7, 11) is 0. The van der Waals surface area contributed by atoms with Crippen molar-refractivity contribution in [3.63, 3.8) is 0 Å². The summed E-state index contributed by atoms with van der Waals surface area (Å²) < 4.78 is 39.6. The molecule has 0 spiro atoms. The first-order valence-corrected chi connectivity index (χ1v) is 8.73. The van der Waals surface area contributed by atoms with Crippen molar-refractivity contribution in [3.05, 3.63) is 41.3 Å². The molecule has 1 aliphatic heterocycles. The number of carbonyl (C=O) groups is 2. The van der Waals surface area contributed by atoms with Crippen molar-refractivity contribution < 1.29 is 27.9 Å². The maximum absolute atomic E-state index is 12.9. The summed E-state index contributed by atoms with van der Waals surface area (Å²) in [5, 5.41) is 13.3. The number of halogens is 3. The lowest BCUT2D eigenvalue weighted by molar-refractivity contribution is -0.141. The van der Waals surface area contributed by atoms with Crippen LogP contribution in [0.2, 0.25) is 0 Å². The van der Waals surface area contributed by atoms with Gasteiger partial charge >= 0.3 is 12.1 Å². The number of amides is 1. The number of rotatable bonds is 4. The molecule has 1 fully saturated rings. The first-order chi connectivity index (χ1) is 13.1. The molecular formula is C18H19F3N4O3. The maximum Gasteiger partial charge on any atom is 0.417 e. The monoisotopic (exact) mass is 396 g/mol. The topological polar surface area (TPSA) is 88.3 Å². The van der Waals surface area contributed by atoms with Gasteiger partial charge in [-0.25, -0.2) is 9.67 Å². The number of hydrogen-bond donors (Lipinski definition) is 1. The van der Waals surface area contributed by atoms with Crippen molar-refractivity contribution in [2.24, 2.45) is 5.92 Å². The average molecular weight is 396 g/mol. The molecule has 150 valence electrons.